The Bertz CT molecular complexity index is 1540. The molecule has 1 atom stereocenters. The van der Waals surface area contributed by atoms with Gasteiger partial charge in [-0.3, -0.25) is 10.2 Å². The van der Waals surface area contributed by atoms with E-state index in [0.717, 1.165) is 5.56 Å². The van der Waals surface area contributed by atoms with Crippen LogP contribution in [0.15, 0.2) is 76.8 Å². The Morgan fingerprint density at radius 1 is 1.13 bits per heavy atom. The molecule has 4 rings (SSSR count). The molecule has 10 nitrogen and oxygen atoms in total. The maximum Gasteiger partial charge on any atom is 0.271 e. The highest BCUT2D eigenvalue weighted by atomic mass is 32.2. The summed E-state index contributed by atoms with van der Waals surface area (Å²) in [4.78, 5) is 19.4. The quantitative estimate of drug-likeness (QED) is 0.242. The number of hydrogen-bond donors (Lipinski definition) is 4. The minimum atomic E-state index is -3.92. The Morgan fingerprint density at radius 2 is 1.89 bits per heavy atom. The zero-order chi connectivity index (χ0) is 27.5. The molecule has 0 saturated carbocycles. The van der Waals surface area contributed by atoms with Crippen molar-refractivity contribution in [3.8, 4) is 11.1 Å². The Morgan fingerprint density at radius 3 is 2.58 bits per heavy atom. The van der Waals surface area contributed by atoms with Crippen molar-refractivity contribution >= 4 is 33.2 Å². The maximum atomic E-state index is 13.6. The van der Waals surface area contributed by atoms with E-state index in [9.17, 15) is 13.2 Å². The van der Waals surface area contributed by atoms with Crippen LogP contribution in [0.2, 0.25) is 0 Å². The van der Waals surface area contributed by atoms with Gasteiger partial charge in [0.2, 0.25) is 15.6 Å². The van der Waals surface area contributed by atoms with E-state index in [1.165, 1.54) is 6.07 Å². The number of nitrogen functional groups attached to an aromatic ring is 1. The largest absolute Gasteiger partial charge is 0.385 e. The van der Waals surface area contributed by atoms with Crippen molar-refractivity contribution in [2.45, 2.75) is 30.3 Å². The molecule has 1 heterocycles. The van der Waals surface area contributed by atoms with E-state index in [2.05, 4.69) is 10.5 Å². The van der Waals surface area contributed by atoms with Gasteiger partial charge in [0.1, 0.15) is 5.84 Å². The summed E-state index contributed by atoms with van der Waals surface area (Å²) in [5.74, 6) is -0.461. The Labute approximate surface area is 221 Å². The number of anilines is 1. The molecule has 0 aromatic heterocycles. The van der Waals surface area contributed by atoms with Gasteiger partial charge >= 0.3 is 0 Å². The van der Waals surface area contributed by atoms with Crippen LogP contribution in [0.4, 0.5) is 5.69 Å². The molecule has 1 aliphatic rings. The number of nitrogens with two attached hydrogens (primary N) is 2. The van der Waals surface area contributed by atoms with Crippen LogP contribution < -0.4 is 16.2 Å². The standard InChI is InChI=1S/C27H29N5O5S/c1-17-14-18(21-8-3-4-9-24(21)38(30,34)35)10-11-22(17)31-26(33)27(12-13-36-2)16-23(32-37-27)19-6-5-7-20(15-19)25(28)29/h3-11,14-15H,12-13,16H2,1-2H3,(H3,28,29)(H,31,33)(H2,30,34,35). The summed E-state index contributed by atoms with van der Waals surface area (Å²) >= 11 is 0. The second-order valence-corrected chi connectivity index (χ2v) is 10.6. The van der Waals surface area contributed by atoms with Gasteiger partial charge in [-0.15, -0.1) is 0 Å². The lowest BCUT2D eigenvalue weighted by atomic mass is 9.89. The molecule has 3 aromatic rings. The first-order valence-electron chi connectivity index (χ1n) is 11.8. The molecule has 1 amide bonds. The number of methoxy groups -OCH3 is 1. The molecule has 0 spiro atoms. The molecule has 6 N–H and O–H groups in total. The lowest BCUT2D eigenvalue weighted by Crippen LogP contribution is -2.44. The molecule has 0 aliphatic carbocycles. The molecular formula is C27H29N5O5S. The second kappa shape index (κ2) is 10.7. The number of amides is 1. The normalized spacial score (nSPS) is 17.0. The molecule has 0 bridgehead atoms. The van der Waals surface area contributed by atoms with Crippen LogP contribution in [0.25, 0.3) is 11.1 Å². The number of oxime groups is 1. The van der Waals surface area contributed by atoms with Gasteiger partial charge < -0.3 is 20.6 Å². The fourth-order valence-electron chi connectivity index (χ4n) is 4.30. The van der Waals surface area contributed by atoms with E-state index in [4.69, 9.17) is 25.9 Å². The first-order valence-corrected chi connectivity index (χ1v) is 13.3. The van der Waals surface area contributed by atoms with Crippen LogP contribution in [-0.2, 0) is 24.4 Å². The molecule has 1 aliphatic heterocycles. The third-order valence-electron chi connectivity index (χ3n) is 6.39. The average molecular weight is 536 g/mol. The number of rotatable bonds is 9. The predicted octanol–water partition coefficient (Wildman–Crippen LogP) is 3.13. The van der Waals surface area contributed by atoms with Gasteiger partial charge in [-0.1, -0.05) is 47.6 Å². The minimum absolute atomic E-state index is 0.0209. The first kappa shape index (κ1) is 27.0. The van der Waals surface area contributed by atoms with Crippen molar-refractivity contribution in [2.24, 2.45) is 16.0 Å². The number of carbonyl (C=O) groups excluding carboxylic acids is 1. The highest BCUT2D eigenvalue weighted by Crippen LogP contribution is 2.34. The number of primary sulfonamides is 1. The monoisotopic (exact) mass is 535 g/mol. The smallest absolute Gasteiger partial charge is 0.271 e. The number of amidine groups is 1. The van der Waals surface area contributed by atoms with Gasteiger partial charge in [0.15, 0.2) is 0 Å². The second-order valence-electron chi connectivity index (χ2n) is 9.06. The van der Waals surface area contributed by atoms with E-state index in [-0.39, 0.29) is 30.2 Å². The molecule has 198 valence electrons. The fraction of sp³-hybridized carbons (Fsp3) is 0.222. The molecular weight excluding hydrogens is 506 g/mol. The fourth-order valence-corrected chi connectivity index (χ4v) is 5.06. The van der Waals surface area contributed by atoms with Crippen molar-refractivity contribution in [3.05, 3.63) is 83.4 Å². The number of hydrogen-bond acceptors (Lipinski definition) is 7. The van der Waals surface area contributed by atoms with Gasteiger partial charge in [0.05, 0.1) is 17.2 Å². The van der Waals surface area contributed by atoms with E-state index < -0.39 is 21.5 Å². The van der Waals surface area contributed by atoms with Gasteiger partial charge in [0.25, 0.3) is 5.91 Å². The molecule has 11 heteroatoms. The number of nitrogens with one attached hydrogen (secondary N) is 2. The Kier molecular flexibility index (Phi) is 7.63. The van der Waals surface area contributed by atoms with E-state index in [1.54, 1.807) is 61.7 Å². The van der Waals surface area contributed by atoms with Crippen LogP contribution >= 0.6 is 0 Å². The van der Waals surface area contributed by atoms with Crippen LogP contribution in [0.1, 0.15) is 29.5 Å². The summed E-state index contributed by atoms with van der Waals surface area (Å²) in [6, 6.07) is 18.7. The summed E-state index contributed by atoms with van der Waals surface area (Å²) in [6.45, 7) is 2.08. The minimum Gasteiger partial charge on any atom is -0.385 e. The molecule has 0 saturated heterocycles. The highest BCUT2D eigenvalue weighted by Gasteiger charge is 2.46. The molecule has 38 heavy (non-hydrogen) atoms. The number of sulfonamides is 1. The molecule has 0 fully saturated rings. The van der Waals surface area contributed by atoms with Crippen molar-refractivity contribution in [1.29, 1.82) is 5.41 Å². The molecule has 3 aromatic carbocycles. The summed E-state index contributed by atoms with van der Waals surface area (Å²) in [6.07, 6.45) is 0.454. The number of benzene rings is 3. The lowest BCUT2D eigenvalue weighted by molar-refractivity contribution is -0.140. The summed E-state index contributed by atoms with van der Waals surface area (Å²) < 4.78 is 29.3. The van der Waals surface area contributed by atoms with Crippen molar-refractivity contribution in [2.75, 3.05) is 19.0 Å². The number of nitrogens with zero attached hydrogens (tertiary/aromatic N) is 1. The van der Waals surface area contributed by atoms with Crippen molar-refractivity contribution in [1.82, 2.24) is 0 Å². The summed E-state index contributed by atoms with van der Waals surface area (Å²) in [7, 11) is -2.37. The van der Waals surface area contributed by atoms with Gasteiger partial charge in [-0.05, 0) is 42.3 Å². The zero-order valence-corrected chi connectivity index (χ0v) is 21.8. The third kappa shape index (κ3) is 5.59. The molecule has 1 unspecified atom stereocenters. The number of carbonyl (C=O) groups is 1. The average Bonchev–Trinajstić information content (AvgIpc) is 3.34. The Balaban J connectivity index is 1.59. The van der Waals surface area contributed by atoms with E-state index in [1.807, 2.05) is 13.0 Å². The van der Waals surface area contributed by atoms with Gasteiger partial charge in [-0.2, -0.15) is 0 Å². The number of ether oxygens (including phenoxy) is 1. The third-order valence-corrected chi connectivity index (χ3v) is 7.36. The van der Waals surface area contributed by atoms with Crippen molar-refractivity contribution in [3.63, 3.8) is 0 Å². The maximum absolute atomic E-state index is 13.6. The highest BCUT2D eigenvalue weighted by molar-refractivity contribution is 7.89. The van der Waals surface area contributed by atoms with Crippen LogP contribution in [0, 0.1) is 12.3 Å². The predicted molar refractivity (Wildman–Crippen MR) is 146 cm³/mol. The van der Waals surface area contributed by atoms with Crippen LogP contribution in [-0.4, -0.2) is 45.2 Å². The van der Waals surface area contributed by atoms with E-state index >= 15 is 0 Å². The van der Waals surface area contributed by atoms with E-state index in [0.29, 0.717) is 33.7 Å². The van der Waals surface area contributed by atoms with Gasteiger partial charge in [0, 0.05) is 42.3 Å². The zero-order valence-electron chi connectivity index (χ0n) is 21.0. The summed E-state index contributed by atoms with van der Waals surface area (Å²) in [5, 5.41) is 20.2. The lowest BCUT2D eigenvalue weighted by Gasteiger charge is -2.25. The SMILES string of the molecule is COCCC1(C(=O)Nc2ccc(-c3ccccc3S(N)(=O)=O)cc2C)CC(c2cccc(C(=N)N)c2)=NO1. The first-order chi connectivity index (χ1) is 18.0. The van der Waals surface area contributed by atoms with Crippen LogP contribution in [0.5, 0.6) is 0 Å². The van der Waals surface area contributed by atoms with Gasteiger partial charge in [-0.25, -0.2) is 13.6 Å². The van der Waals surface area contributed by atoms with Crippen molar-refractivity contribution < 1.29 is 22.8 Å². The Hall–Kier alpha value is -4.06. The molecule has 0 radical (unpaired) electrons. The topological polar surface area (TPSA) is 170 Å². The van der Waals surface area contributed by atoms with Crippen LogP contribution in [0.3, 0.4) is 0 Å². The summed E-state index contributed by atoms with van der Waals surface area (Å²) in [5.41, 5.74) is 8.51. The number of aryl methyl sites for hydroxylation is 1.